The van der Waals surface area contributed by atoms with Gasteiger partial charge >= 0.3 is 0 Å². The van der Waals surface area contributed by atoms with Crippen molar-refractivity contribution in [1.29, 1.82) is 0 Å². The number of fused-ring (bicyclic) bond motifs is 1. The Bertz CT molecular complexity index is 974. The summed E-state index contributed by atoms with van der Waals surface area (Å²) in [6, 6.07) is 6.05. The Morgan fingerprint density at radius 3 is 2.68 bits per heavy atom. The molecule has 9 heteroatoms. The molecule has 2 bridgehead atoms. The standard InChI is InChI=1S/C25H34ClN3O5/c1-4-11-27-21(31)18-19-23(33)29(12-7-8-13-30)20(25(19)14-15(2)24(18,3)34-25)22(32)28-17-10-6-5-9-16(17)26/h5-6,9-10,15,18-20,30H,4,7-8,11-14H2,1-3H3,(H,27,31)(H,28,32)/t15?,18-,19+,20?,24+,25?/m1/s1. The Kier molecular flexibility index (Phi) is 6.95. The van der Waals surface area contributed by atoms with Gasteiger partial charge in [0.15, 0.2) is 0 Å². The Hall–Kier alpha value is -2.16. The van der Waals surface area contributed by atoms with Crippen LogP contribution in [0.3, 0.4) is 0 Å². The van der Waals surface area contributed by atoms with Crippen LogP contribution in [0.2, 0.25) is 5.02 Å². The zero-order valence-corrected chi connectivity index (χ0v) is 20.7. The number of ether oxygens (including phenoxy) is 1. The van der Waals surface area contributed by atoms with Gasteiger partial charge in [-0.05, 0) is 50.7 Å². The number of unbranched alkanes of at least 4 members (excludes halogenated alkanes) is 1. The lowest BCUT2D eigenvalue weighted by Crippen LogP contribution is -2.54. The molecule has 6 atom stereocenters. The number of nitrogens with zero attached hydrogens (tertiary/aromatic N) is 1. The molecule has 3 N–H and O–H groups in total. The fourth-order valence-electron chi connectivity index (χ4n) is 6.20. The van der Waals surface area contributed by atoms with Crippen molar-refractivity contribution < 1.29 is 24.2 Å². The molecule has 3 aliphatic rings. The predicted octanol–water partition coefficient (Wildman–Crippen LogP) is 2.59. The largest absolute Gasteiger partial charge is 0.396 e. The highest BCUT2D eigenvalue weighted by Gasteiger charge is 2.79. The molecule has 0 saturated carbocycles. The zero-order chi connectivity index (χ0) is 24.7. The molecule has 186 valence electrons. The molecule has 0 radical (unpaired) electrons. The van der Waals surface area contributed by atoms with Crippen LogP contribution >= 0.6 is 11.6 Å². The minimum atomic E-state index is -1.09. The smallest absolute Gasteiger partial charge is 0.250 e. The molecule has 0 aromatic heterocycles. The van der Waals surface area contributed by atoms with Crippen LogP contribution in [0.5, 0.6) is 0 Å². The van der Waals surface area contributed by atoms with E-state index in [1.165, 1.54) is 0 Å². The Balaban J connectivity index is 1.73. The minimum absolute atomic E-state index is 0.000736. The number of carbonyl (C=O) groups is 3. The maximum absolute atomic E-state index is 13.8. The molecule has 34 heavy (non-hydrogen) atoms. The van der Waals surface area contributed by atoms with Gasteiger partial charge in [0.2, 0.25) is 17.7 Å². The number of anilines is 1. The van der Waals surface area contributed by atoms with E-state index in [9.17, 15) is 19.5 Å². The number of aliphatic hydroxyl groups is 1. The summed E-state index contributed by atoms with van der Waals surface area (Å²) in [5.41, 5.74) is -1.47. The van der Waals surface area contributed by atoms with E-state index in [1.807, 2.05) is 20.8 Å². The molecule has 3 fully saturated rings. The van der Waals surface area contributed by atoms with Crippen molar-refractivity contribution in [3.8, 4) is 0 Å². The second-order valence-electron chi connectivity index (χ2n) is 9.93. The van der Waals surface area contributed by atoms with Gasteiger partial charge in [-0.25, -0.2) is 0 Å². The lowest BCUT2D eigenvalue weighted by molar-refractivity contribution is -0.146. The fourth-order valence-corrected chi connectivity index (χ4v) is 6.38. The minimum Gasteiger partial charge on any atom is -0.396 e. The van der Waals surface area contributed by atoms with Crippen LogP contribution in [-0.2, 0) is 19.1 Å². The summed E-state index contributed by atoms with van der Waals surface area (Å²) in [6.45, 7) is 6.71. The number of hydrogen-bond donors (Lipinski definition) is 3. The van der Waals surface area contributed by atoms with Crippen molar-refractivity contribution >= 4 is 35.0 Å². The van der Waals surface area contributed by atoms with E-state index >= 15 is 0 Å². The molecule has 3 aliphatic heterocycles. The van der Waals surface area contributed by atoms with Crippen LogP contribution in [0.1, 0.15) is 46.5 Å². The number of para-hydroxylation sites is 1. The molecule has 1 aromatic rings. The van der Waals surface area contributed by atoms with E-state index in [2.05, 4.69) is 10.6 Å². The highest BCUT2D eigenvalue weighted by molar-refractivity contribution is 6.33. The summed E-state index contributed by atoms with van der Waals surface area (Å²) in [4.78, 5) is 42.4. The normalized spacial score (nSPS) is 33.8. The van der Waals surface area contributed by atoms with E-state index < -0.39 is 29.1 Å². The van der Waals surface area contributed by atoms with Crippen LogP contribution in [0.15, 0.2) is 24.3 Å². The van der Waals surface area contributed by atoms with Crippen molar-refractivity contribution in [3.05, 3.63) is 29.3 Å². The summed E-state index contributed by atoms with van der Waals surface area (Å²) in [7, 11) is 0. The van der Waals surface area contributed by atoms with Gasteiger partial charge in [-0.2, -0.15) is 0 Å². The molecule has 1 aromatic carbocycles. The Morgan fingerprint density at radius 1 is 1.26 bits per heavy atom. The summed E-state index contributed by atoms with van der Waals surface area (Å²) in [5, 5.41) is 15.5. The quantitative estimate of drug-likeness (QED) is 0.460. The van der Waals surface area contributed by atoms with Gasteiger partial charge in [-0.15, -0.1) is 0 Å². The number of rotatable bonds is 9. The summed E-state index contributed by atoms with van der Waals surface area (Å²) in [5.74, 6) is -2.22. The molecule has 3 saturated heterocycles. The van der Waals surface area contributed by atoms with Gasteiger partial charge in [0.05, 0.1) is 28.1 Å². The average Bonchev–Trinajstić information content (AvgIpc) is 3.31. The maximum atomic E-state index is 13.8. The molecule has 1 spiro atoms. The van der Waals surface area contributed by atoms with E-state index in [-0.39, 0.29) is 30.2 Å². The first-order valence-corrected chi connectivity index (χ1v) is 12.5. The number of likely N-dealkylation sites (tertiary alicyclic amines) is 1. The van der Waals surface area contributed by atoms with E-state index in [0.29, 0.717) is 43.1 Å². The lowest BCUT2D eigenvalue weighted by atomic mass is 9.62. The maximum Gasteiger partial charge on any atom is 0.250 e. The first-order valence-electron chi connectivity index (χ1n) is 12.2. The van der Waals surface area contributed by atoms with Crippen molar-refractivity contribution in [2.45, 2.75) is 63.7 Å². The molecule has 0 aliphatic carbocycles. The molecule has 3 unspecified atom stereocenters. The number of amides is 3. The second kappa shape index (κ2) is 9.47. The van der Waals surface area contributed by atoms with Crippen molar-refractivity contribution in [2.75, 3.05) is 25.0 Å². The number of nitrogens with one attached hydrogen (secondary N) is 2. The summed E-state index contributed by atoms with van der Waals surface area (Å²) < 4.78 is 6.64. The molecule has 3 heterocycles. The van der Waals surface area contributed by atoms with Gasteiger partial charge < -0.3 is 25.4 Å². The average molecular weight is 492 g/mol. The first kappa shape index (κ1) is 24.9. The van der Waals surface area contributed by atoms with Crippen LogP contribution in [0, 0.1) is 17.8 Å². The highest BCUT2D eigenvalue weighted by Crippen LogP contribution is 2.65. The topological polar surface area (TPSA) is 108 Å². The molecule has 8 nitrogen and oxygen atoms in total. The zero-order valence-electron chi connectivity index (χ0n) is 20.0. The van der Waals surface area contributed by atoms with E-state index in [1.54, 1.807) is 29.2 Å². The Morgan fingerprint density at radius 2 is 2.00 bits per heavy atom. The number of carbonyl (C=O) groups excluding carboxylic acids is 3. The number of hydrogen-bond acceptors (Lipinski definition) is 5. The third-order valence-electron chi connectivity index (χ3n) is 7.83. The van der Waals surface area contributed by atoms with Crippen LogP contribution < -0.4 is 10.6 Å². The number of aliphatic hydroxyl groups excluding tert-OH is 1. The van der Waals surface area contributed by atoms with Crippen LogP contribution in [0.25, 0.3) is 0 Å². The lowest BCUT2D eigenvalue weighted by Gasteiger charge is -2.36. The third kappa shape index (κ3) is 3.80. The highest BCUT2D eigenvalue weighted by atomic mass is 35.5. The number of benzene rings is 1. The van der Waals surface area contributed by atoms with Crippen molar-refractivity contribution in [3.63, 3.8) is 0 Å². The van der Waals surface area contributed by atoms with E-state index in [4.69, 9.17) is 16.3 Å². The van der Waals surface area contributed by atoms with Gasteiger partial charge in [0, 0.05) is 19.7 Å². The Labute approximate surface area is 205 Å². The van der Waals surface area contributed by atoms with Gasteiger partial charge in [0.25, 0.3) is 0 Å². The van der Waals surface area contributed by atoms with Crippen molar-refractivity contribution in [1.82, 2.24) is 10.2 Å². The van der Waals surface area contributed by atoms with Gasteiger partial charge in [-0.3, -0.25) is 14.4 Å². The van der Waals surface area contributed by atoms with Crippen LogP contribution in [-0.4, -0.2) is 64.7 Å². The second-order valence-corrected chi connectivity index (χ2v) is 10.3. The predicted molar refractivity (Wildman–Crippen MR) is 128 cm³/mol. The summed E-state index contributed by atoms with van der Waals surface area (Å²) >= 11 is 6.28. The van der Waals surface area contributed by atoms with Gasteiger partial charge in [-0.1, -0.05) is 37.6 Å². The molecular weight excluding hydrogens is 458 g/mol. The SMILES string of the molecule is CCCNC(=O)[C@H]1[C@H]2C(=O)N(CCCCO)C(C(=O)Nc3ccccc3Cl)C23CC(C)[C@]1(C)O3. The fraction of sp³-hybridized carbons (Fsp3) is 0.640. The van der Waals surface area contributed by atoms with Crippen molar-refractivity contribution in [2.24, 2.45) is 17.8 Å². The molecular formula is C25H34ClN3O5. The molecule has 4 rings (SSSR count). The summed E-state index contributed by atoms with van der Waals surface area (Å²) in [6.07, 6.45) is 2.34. The van der Waals surface area contributed by atoms with Crippen LogP contribution in [0.4, 0.5) is 5.69 Å². The number of halogens is 1. The van der Waals surface area contributed by atoms with Gasteiger partial charge in [0.1, 0.15) is 11.6 Å². The monoisotopic (exact) mass is 491 g/mol. The molecule has 3 amide bonds. The third-order valence-corrected chi connectivity index (χ3v) is 8.16. The first-order chi connectivity index (χ1) is 16.2. The van der Waals surface area contributed by atoms with E-state index in [0.717, 1.165) is 6.42 Å².